The maximum atomic E-state index is 12.3. The van der Waals surface area contributed by atoms with Gasteiger partial charge in [-0.05, 0) is 36.2 Å². The lowest BCUT2D eigenvalue weighted by Crippen LogP contribution is -2.21. The minimum atomic E-state index is -0.376. The third-order valence-corrected chi connectivity index (χ3v) is 4.50. The Balaban J connectivity index is 1.40. The molecule has 29 heavy (non-hydrogen) atoms. The quantitative estimate of drug-likeness (QED) is 0.636. The largest absolute Gasteiger partial charge is 0.484 e. The fourth-order valence-corrected chi connectivity index (χ4v) is 3.05. The van der Waals surface area contributed by atoms with Gasteiger partial charge in [0.2, 0.25) is 6.79 Å². The van der Waals surface area contributed by atoms with Gasteiger partial charge in [0.05, 0.1) is 5.69 Å². The summed E-state index contributed by atoms with van der Waals surface area (Å²) in [6.07, 6.45) is 0. The molecule has 146 valence electrons. The summed E-state index contributed by atoms with van der Waals surface area (Å²) in [4.78, 5) is 24.2. The standard InChI is InChI=1S/C23H19NO5/c1-15(25)19-11-21-22(29-14-28-21)12-20(19)24-23(26)13-27-18-9-7-17(8-10-18)16-5-3-2-4-6-16/h2-12H,13-14H2,1H3,(H,24,26). The van der Waals surface area contributed by atoms with E-state index < -0.39 is 0 Å². The number of fused-ring (bicyclic) bond motifs is 1. The highest BCUT2D eigenvalue weighted by molar-refractivity contribution is 6.04. The van der Waals surface area contributed by atoms with E-state index in [9.17, 15) is 9.59 Å². The van der Waals surface area contributed by atoms with Gasteiger partial charge in [0, 0.05) is 11.6 Å². The normalized spacial score (nSPS) is 11.8. The van der Waals surface area contributed by atoms with Crippen LogP contribution in [0.15, 0.2) is 66.7 Å². The molecule has 0 fully saturated rings. The third-order valence-electron chi connectivity index (χ3n) is 4.50. The van der Waals surface area contributed by atoms with E-state index >= 15 is 0 Å². The Morgan fingerprint density at radius 2 is 1.59 bits per heavy atom. The number of Topliss-reactive ketones (excluding diaryl/α,β-unsaturated/α-hetero) is 1. The average Bonchev–Trinajstić information content (AvgIpc) is 3.20. The van der Waals surface area contributed by atoms with Crippen LogP contribution in [0.4, 0.5) is 5.69 Å². The lowest BCUT2D eigenvalue weighted by atomic mass is 10.1. The Kier molecular flexibility index (Phi) is 5.16. The number of hydrogen-bond acceptors (Lipinski definition) is 5. The van der Waals surface area contributed by atoms with Gasteiger partial charge in [0.15, 0.2) is 23.9 Å². The molecule has 1 heterocycles. The Bertz CT molecular complexity index is 1040. The molecule has 0 spiro atoms. The zero-order valence-corrected chi connectivity index (χ0v) is 15.8. The molecule has 1 aliphatic heterocycles. The van der Waals surface area contributed by atoms with Gasteiger partial charge in [0.1, 0.15) is 5.75 Å². The van der Waals surface area contributed by atoms with Crippen molar-refractivity contribution in [2.24, 2.45) is 0 Å². The molecule has 0 aromatic heterocycles. The van der Waals surface area contributed by atoms with E-state index in [0.29, 0.717) is 28.5 Å². The number of hydrogen-bond donors (Lipinski definition) is 1. The molecule has 6 nitrogen and oxygen atoms in total. The van der Waals surface area contributed by atoms with E-state index in [-0.39, 0.29) is 25.1 Å². The van der Waals surface area contributed by atoms with Gasteiger partial charge in [-0.15, -0.1) is 0 Å². The number of rotatable bonds is 6. The molecule has 0 unspecified atom stereocenters. The van der Waals surface area contributed by atoms with Crippen LogP contribution < -0.4 is 19.5 Å². The van der Waals surface area contributed by atoms with Crippen molar-refractivity contribution in [3.63, 3.8) is 0 Å². The molecule has 1 N–H and O–H groups in total. The second kappa shape index (κ2) is 8.06. The molecule has 1 amide bonds. The van der Waals surface area contributed by atoms with Crippen LogP contribution in [-0.2, 0) is 4.79 Å². The Morgan fingerprint density at radius 1 is 0.931 bits per heavy atom. The Labute approximate surface area is 168 Å². The number of anilines is 1. The van der Waals surface area contributed by atoms with Gasteiger partial charge in [-0.25, -0.2) is 0 Å². The highest BCUT2D eigenvalue weighted by atomic mass is 16.7. The molecular formula is C23H19NO5. The molecule has 4 rings (SSSR count). The lowest BCUT2D eigenvalue weighted by molar-refractivity contribution is -0.118. The summed E-state index contributed by atoms with van der Waals surface area (Å²) in [5, 5.41) is 2.71. The summed E-state index contributed by atoms with van der Waals surface area (Å²) in [5.74, 6) is 0.998. The summed E-state index contributed by atoms with van der Waals surface area (Å²) in [6.45, 7) is 1.33. The van der Waals surface area contributed by atoms with Crippen LogP contribution in [0.25, 0.3) is 11.1 Å². The Hall–Kier alpha value is -3.80. The molecule has 0 bridgehead atoms. The van der Waals surface area contributed by atoms with Crippen molar-refractivity contribution >= 4 is 17.4 Å². The van der Waals surface area contributed by atoms with Gasteiger partial charge in [-0.3, -0.25) is 9.59 Å². The number of carbonyl (C=O) groups excluding carboxylic acids is 2. The highest BCUT2D eigenvalue weighted by Gasteiger charge is 2.20. The van der Waals surface area contributed by atoms with Crippen molar-refractivity contribution in [3.05, 3.63) is 72.3 Å². The van der Waals surface area contributed by atoms with Gasteiger partial charge in [0.25, 0.3) is 5.91 Å². The third kappa shape index (κ3) is 4.21. The molecular weight excluding hydrogens is 370 g/mol. The zero-order valence-electron chi connectivity index (χ0n) is 15.8. The fourth-order valence-electron chi connectivity index (χ4n) is 3.05. The van der Waals surface area contributed by atoms with Gasteiger partial charge < -0.3 is 19.5 Å². The molecule has 1 aliphatic rings. The van der Waals surface area contributed by atoms with E-state index in [2.05, 4.69) is 5.32 Å². The van der Waals surface area contributed by atoms with Crippen LogP contribution in [-0.4, -0.2) is 25.1 Å². The smallest absolute Gasteiger partial charge is 0.262 e. The molecule has 0 saturated carbocycles. The number of benzene rings is 3. The first kappa shape index (κ1) is 18.6. The van der Waals surface area contributed by atoms with Crippen LogP contribution in [0, 0.1) is 0 Å². The van der Waals surface area contributed by atoms with Crippen molar-refractivity contribution in [1.29, 1.82) is 0 Å². The van der Waals surface area contributed by atoms with E-state index in [1.807, 2.05) is 54.6 Å². The van der Waals surface area contributed by atoms with Crippen molar-refractivity contribution in [2.45, 2.75) is 6.92 Å². The van der Waals surface area contributed by atoms with Crippen molar-refractivity contribution < 1.29 is 23.8 Å². The maximum Gasteiger partial charge on any atom is 0.262 e. The van der Waals surface area contributed by atoms with E-state index in [4.69, 9.17) is 14.2 Å². The van der Waals surface area contributed by atoms with Crippen LogP contribution in [0.2, 0.25) is 0 Å². The molecule has 0 atom stereocenters. The zero-order chi connectivity index (χ0) is 20.2. The second-order valence-corrected chi connectivity index (χ2v) is 6.53. The van der Waals surface area contributed by atoms with E-state index in [1.54, 1.807) is 12.1 Å². The predicted octanol–water partition coefficient (Wildman–Crippen LogP) is 4.30. The first-order chi connectivity index (χ1) is 14.1. The van der Waals surface area contributed by atoms with Crippen molar-refractivity contribution in [3.8, 4) is 28.4 Å². The topological polar surface area (TPSA) is 73.9 Å². The first-order valence-electron chi connectivity index (χ1n) is 9.13. The number of amides is 1. The Morgan fingerprint density at radius 3 is 2.28 bits per heavy atom. The number of nitrogens with one attached hydrogen (secondary N) is 1. The van der Waals surface area contributed by atoms with Crippen molar-refractivity contribution in [2.75, 3.05) is 18.7 Å². The summed E-state index contributed by atoms with van der Waals surface area (Å²) in [5.41, 5.74) is 2.90. The summed E-state index contributed by atoms with van der Waals surface area (Å²) in [7, 11) is 0. The summed E-state index contributed by atoms with van der Waals surface area (Å²) >= 11 is 0. The SMILES string of the molecule is CC(=O)c1cc2c(cc1NC(=O)COc1ccc(-c3ccccc3)cc1)OCO2. The maximum absolute atomic E-state index is 12.3. The molecule has 0 aliphatic carbocycles. The van der Waals surface area contributed by atoms with Crippen molar-refractivity contribution in [1.82, 2.24) is 0 Å². The molecule has 3 aromatic rings. The molecule has 3 aromatic carbocycles. The van der Waals surface area contributed by atoms with Crippen LogP contribution in [0.1, 0.15) is 17.3 Å². The van der Waals surface area contributed by atoms with Gasteiger partial charge in [-0.2, -0.15) is 0 Å². The predicted molar refractivity (Wildman–Crippen MR) is 109 cm³/mol. The number of carbonyl (C=O) groups is 2. The monoisotopic (exact) mass is 389 g/mol. The van der Waals surface area contributed by atoms with E-state index in [0.717, 1.165) is 11.1 Å². The van der Waals surface area contributed by atoms with E-state index in [1.165, 1.54) is 6.92 Å². The second-order valence-electron chi connectivity index (χ2n) is 6.53. The average molecular weight is 389 g/mol. The van der Waals surface area contributed by atoms with Crippen LogP contribution >= 0.6 is 0 Å². The minimum absolute atomic E-state index is 0.0895. The molecule has 0 radical (unpaired) electrons. The minimum Gasteiger partial charge on any atom is -0.484 e. The first-order valence-corrected chi connectivity index (χ1v) is 9.13. The van der Waals surface area contributed by atoms with Crippen LogP contribution in [0.5, 0.6) is 17.2 Å². The number of ether oxygens (including phenoxy) is 3. The molecule has 0 saturated heterocycles. The van der Waals surface area contributed by atoms with Gasteiger partial charge >= 0.3 is 0 Å². The molecule has 6 heteroatoms. The van der Waals surface area contributed by atoms with Gasteiger partial charge in [-0.1, -0.05) is 42.5 Å². The summed E-state index contributed by atoms with van der Waals surface area (Å²) < 4.78 is 16.2. The fraction of sp³-hybridized carbons (Fsp3) is 0.130. The van der Waals surface area contributed by atoms with Crippen LogP contribution in [0.3, 0.4) is 0 Å². The summed E-state index contributed by atoms with van der Waals surface area (Å²) in [6, 6.07) is 20.7. The highest BCUT2D eigenvalue weighted by Crippen LogP contribution is 2.37. The number of ketones is 1. The lowest BCUT2D eigenvalue weighted by Gasteiger charge is -2.11.